The standard InChI is InChI=1S/C12H13Cl2N3/c1-8-12(14)7-17(16-8)10-3-2-9(4-5-15)11(13)6-10/h2-3,6-7H,4-5,15H2,1H3. The van der Waals surface area contributed by atoms with Crippen LogP contribution >= 0.6 is 23.2 Å². The molecule has 0 bridgehead atoms. The highest BCUT2D eigenvalue weighted by Gasteiger charge is 2.06. The fourth-order valence-electron chi connectivity index (χ4n) is 1.61. The molecule has 1 aromatic heterocycles. The monoisotopic (exact) mass is 269 g/mol. The van der Waals surface area contributed by atoms with Crippen molar-refractivity contribution in [2.75, 3.05) is 6.54 Å². The quantitative estimate of drug-likeness (QED) is 0.931. The van der Waals surface area contributed by atoms with Crippen LogP contribution in [0.5, 0.6) is 0 Å². The molecule has 0 saturated heterocycles. The maximum Gasteiger partial charge on any atom is 0.0819 e. The van der Waals surface area contributed by atoms with E-state index in [4.69, 9.17) is 28.9 Å². The minimum Gasteiger partial charge on any atom is -0.330 e. The summed E-state index contributed by atoms with van der Waals surface area (Å²) >= 11 is 12.1. The van der Waals surface area contributed by atoms with E-state index < -0.39 is 0 Å². The molecule has 0 amide bonds. The Morgan fingerprint density at radius 1 is 1.29 bits per heavy atom. The lowest BCUT2D eigenvalue weighted by atomic mass is 10.1. The van der Waals surface area contributed by atoms with Crippen LogP contribution in [0.15, 0.2) is 24.4 Å². The molecule has 0 fully saturated rings. The van der Waals surface area contributed by atoms with Crippen LogP contribution in [0, 0.1) is 6.92 Å². The molecule has 2 N–H and O–H groups in total. The smallest absolute Gasteiger partial charge is 0.0819 e. The number of nitrogens with zero attached hydrogens (tertiary/aromatic N) is 2. The zero-order chi connectivity index (χ0) is 12.4. The van der Waals surface area contributed by atoms with E-state index in [1.54, 1.807) is 10.9 Å². The summed E-state index contributed by atoms with van der Waals surface area (Å²) in [6, 6.07) is 5.80. The molecule has 0 aliphatic carbocycles. The van der Waals surface area contributed by atoms with Gasteiger partial charge in [0.1, 0.15) is 0 Å². The fraction of sp³-hybridized carbons (Fsp3) is 0.250. The van der Waals surface area contributed by atoms with Crippen molar-refractivity contribution in [3.8, 4) is 5.69 Å². The SMILES string of the molecule is Cc1nn(-c2ccc(CCN)c(Cl)c2)cc1Cl. The highest BCUT2D eigenvalue weighted by Crippen LogP contribution is 2.22. The first-order valence-electron chi connectivity index (χ1n) is 5.32. The molecule has 0 saturated carbocycles. The van der Waals surface area contributed by atoms with Gasteiger partial charge in [-0.25, -0.2) is 4.68 Å². The van der Waals surface area contributed by atoms with E-state index in [2.05, 4.69) is 5.10 Å². The largest absolute Gasteiger partial charge is 0.330 e. The molecule has 3 nitrogen and oxygen atoms in total. The molecular formula is C12H13Cl2N3. The van der Waals surface area contributed by atoms with Gasteiger partial charge < -0.3 is 5.73 Å². The fourth-order valence-corrected chi connectivity index (χ4v) is 2.01. The van der Waals surface area contributed by atoms with Gasteiger partial charge in [0.2, 0.25) is 0 Å². The normalized spacial score (nSPS) is 10.8. The number of nitrogens with two attached hydrogens (primary N) is 1. The predicted octanol–water partition coefficient (Wildman–Crippen LogP) is 2.99. The Bertz CT molecular complexity index is 515. The maximum atomic E-state index is 6.17. The Hall–Kier alpha value is -1.03. The Morgan fingerprint density at radius 2 is 2.06 bits per heavy atom. The molecule has 0 spiro atoms. The van der Waals surface area contributed by atoms with Crippen molar-refractivity contribution in [3.05, 3.63) is 45.7 Å². The van der Waals surface area contributed by atoms with Crippen LogP contribution in [0.25, 0.3) is 5.69 Å². The number of aryl methyl sites for hydroxylation is 1. The molecule has 0 aliphatic heterocycles. The maximum absolute atomic E-state index is 6.17. The molecule has 1 aromatic carbocycles. The van der Waals surface area contributed by atoms with Crippen molar-refractivity contribution in [3.63, 3.8) is 0 Å². The average Bonchev–Trinajstić information content (AvgIpc) is 2.62. The second kappa shape index (κ2) is 5.08. The van der Waals surface area contributed by atoms with Gasteiger partial charge in [0, 0.05) is 11.2 Å². The van der Waals surface area contributed by atoms with Gasteiger partial charge in [-0.15, -0.1) is 0 Å². The minimum absolute atomic E-state index is 0.589. The summed E-state index contributed by atoms with van der Waals surface area (Å²) in [4.78, 5) is 0. The van der Waals surface area contributed by atoms with Crippen molar-refractivity contribution < 1.29 is 0 Å². The van der Waals surface area contributed by atoms with Gasteiger partial charge in [-0.05, 0) is 37.6 Å². The molecule has 0 aliphatic rings. The summed E-state index contributed by atoms with van der Waals surface area (Å²) < 4.78 is 1.72. The van der Waals surface area contributed by atoms with E-state index in [1.807, 2.05) is 25.1 Å². The van der Waals surface area contributed by atoms with Crippen LogP contribution in [0.3, 0.4) is 0 Å². The topological polar surface area (TPSA) is 43.8 Å². The number of rotatable bonds is 3. The van der Waals surface area contributed by atoms with Gasteiger partial charge in [0.15, 0.2) is 0 Å². The highest BCUT2D eigenvalue weighted by atomic mass is 35.5. The third-order valence-corrected chi connectivity index (χ3v) is 3.28. The average molecular weight is 270 g/mol. The van der Waals surface area contributed by atoms with Crippen molar-refractivity contribution >= 4 is 23.2 Å². The summed E-state index contributed by atoms with van der Waals surface area (Å²) in [7, 11) is 0. The number of benzene rings is 1. The second-order valence-corrected chi connectivity index (χ2v) is 4.64. The molecule has 2 aromatic rings. The van der Waals surface area contributed by atoms with Gasteiger partial charge in [-0.3, -0.25) is 0 Å². The van der Waals surface area contributed by atoms with E-state index >= 15 is 0 Å². The molecule has 17 heavy (non-hydrogen) atoms. The predicted molar refractivity (Wildman–Crippen MR) is 71.1 cm³/mol. The third kappa shape index (κ3) is 2.63. The zero-order valence-corrected chi connectivity index (χ0v) is 11.0. The number of halogens is 2. The third-order valence-electron chi connectivity index (χ3n) is 2.55. The van der Waals surface area contributed by atoms with Crippen LogP contribution in [0.4, 0.5) is 0 Å². The second-order valence-electron chi connectivity index (χ2n) is 3.82. The molecule has 90 valence electrons. The van der Waals surface area contributed by atoms with Crippen molar-refractivity contribution in [2.24, 2.45) is 5.73 Å². The van der Waals surface area contributed by atoms with Crippen molar-refractivity contribution in [1.82, 2.24) is 9.78 Å². The molecular weight excluding hydrogens is 257 g/mol. The van der Waals surface area contributed by atoms with Crippen LogP contribution in [0.1, 0.15) is 11.3 Å². The Morgan fingerprint density at radius 3 is 2.59 bits per heavy atom. The summed E-state index contributed by atoms with van der Waals surface area (Å²) in [6.07, 6.45) is 2.54. The zero-order valence-electron chi connectivity index (χ0n) is 9.45. The lowest BCUT2D eigenvalue weighted by Crippen LogP contribution is -2.04. The lowest BCUT2D eigenvalue weighted by molar-refractivity contribution is 0.860. The van der Waals surface area contributed by atoms with Gasteiger partial charge >= 0.3 is 0 Å². The Balaban J connectivity index is 2.37. The summed E-state index contributed by atoms with van der Waals surface area (Å²) in [6.45, 7) is 2.45. The van der Waals surface area contributed by atoms with Gasteiger partial charge in [-0.2, -0.15) is 5.10 Å². The van der Waals surface area contributed by atoms with Crippen LogP contribution < -0.4 is 5.73 Å². The molecule has 0 atom stereocenters. The van der Waals surface area contributed by atoms with E-state index in [-0.39, 0.29) is 0 Å². The van der Waals surface area contributed by atoms with E-state index in [1.165, 1.54) is 0 Å². The first kappa shape index (κ1) is 12.4. The molecule has 1 heterocycles. The van der Waals surface area contributed by atoms with E-state index in [0.717, 1.165) is 23.4 Å². The number of hydrogen-bond donors (Lipinski definition) is 1. The number of hydrogen-bond acceptors (Lipinski definition) is 2. The molecule has 2 rings (SSSR count). The van der Waals surface area contributed by atoms with Gasteiger partial charge in [0.05, 0.1) is 16.4 Å². The summed E-state index contributed by atoms with van der Waals surface area (Å²) in [5.41, 5.74) is 8.25. The highest BCUT2D eigenvalue weighted by molar-refractivity contribution is 6.31. The van der Waals surface area contributed by atoms with Crippen LogP contribution in [-0.2, 0) is 6.42 Å². The van der Waals surface area contributed by atoms with Gasteiger partial charge in [-0.1, -0.05) is 29.3 Å². The molecule has 0 unspecified atom stereocenters. The Kier molecular flexibility index (Phi) is 3.72. The molecule has 0 radical (unpaired) electrons. The first-order valence-corrected chi connectivity index (χ1v) is 6.08. The molecule has 5 heteroatoms. The number of aromatic nitrogens is 2. The summed E-state index contributed by atoms with van der Waals surface area (Å²) in [5.74, 6) is 0. The van der Waals surface area contributed by atoms with E-state index in [0.29, 0.717) is 16.6 Å². The minimum atomic E-state index is 0.589. The van der Waals surface area contributed by atoms with Crippen molar-refractivity contribution in [2.45, 2.75) is 13.3 Å². The van der Waals surface area contributed by atoms with E-state index in [9.17, 15) is 0 Å². The first-order chi connectivity index (χ1) is 8.11. The van der Waals surface area contributed by atoms with Crippen LogP contribution in [0.2, 0.25) is 10.0 Å². The Labute approximate surface area is 110 Å². The summed E-state index contributed by atoms with van der Waals surface area (Å²) in [5, 5.41) is 5.65. The van der Waals surface area contributed by atoms with Crippen LogP contribution in [-0.4, -0.2) is 16.3 Å². The lowest BCUT2D eigenvalue weighted by Gasteiger charge is -2.06. The van der Waals surface area contributed by atoms with Gasteiger partial charge in [0.25, 0.3) is 0 Å². The van der Waals surface area contributed by atoms with Crippen molar-refractivity contribution in [1.29, 1.82) is 0 Å².